The molecule has 2 aromatic rings. The van der Waals surface area contributed by atoms with Crippen molar-refractivity contribution < 1.29 is 9.53 Å². The first-order valence-electron chi connectivity index (χ1n) is 8.72. The number of thioether (sulfide) groups is 1. The van der Waals surface area contributed by atoms with Gasteiger partial charge in [0.15, 0.2) is 5.16 Å². The van der Waals surface area contributed by atoms with E-state index in [1.807, 2.05) is 31.2 Å². The van der Waals surface area contributed by atoms with E-state index in [0.29, 0.717) is 23.4 Å². The molecule has 2 fully saturated rings. The summed E-state index contributed by atoms with van der Waals surface area (Å²) in [5.74, 6) is 2.28. The molecule has 132 valence electrons. The maximum absolute atomic E-state index is 12.6. The molecule has 0 radical (unpaired) electrons. The average Bonchev–Trinajstić information content (AvgIpc) is 3.54. The first-order valence-corrected chi connectivity index (χ1v) is 9.60. The first kappa shape index (κ1) is 16.4. The highest BCUT2D eigenvalue weighted by Crippen LogP contribution is 2.46. The summed E-state index contributed by atoms with van der Waals surface area (Å²) >= 11 is 1.48. The van der Waals surface area contributed by atoms with Crippen LogP contribution in [0.3, 0.4) is 0 Å². The monoisotopic (exact) mass is 358 g/mol. The van der Waals surface area contributed by atoms with Crippen molar-refractivity contribution >= 4 is 23.4 Å². The van der Waals surface area contributed by atoms with Gasteiger partial charge >= 0.3 is 0 Å². The molecule has 1 N–H and O–H groups in total. The third-order valence-corrected chi connectivity index (χ3v) is 5.62. The zero-order valence-electron chi connectivity index (χ0n) is 14.4. The Morgan fingerprint density at radius 2 is 2.04 bits per heavy atom. The Morgan fingerprint density at radius 1 is 1.28 bits per heavy atom. The molecular formula is C18H22N4O2S. The number of anilines is 1. The van der Waals surface area contributed by atoms with Gasteiger partial charge in [-0.1, -0.05) is 23.9 Å². The van der Waals surface area contributed by atoms with Gasteiger partial charge in [-0.15, -0.1) is 10.2 Å². The summed E-state index contributed by atoms with van der Waals surface area (Å²) in [6.07, 6.45) is 4.79. The van der Waals surface area contributed by atoms with Gasteiger partial charge in [-0.25, -0.2) is 0 Å². The quantitative estimate of drug-likeness (QED) is 0.766. The molecule has 4 rings (SSSR count). The molecule has 25 heavy (non-hydrogen) atoms. The largest absolute Gasteiger partial charge is 0.495 e. The van der Waals surface area contributed by atoms with Crippen LogP contribution >= 0.6 is 11.8 Å². The topological polar surface area (TPSA) is 69.0 Å². The Morgan fingerprint density at radius 3 is 2.72 bits per heavy atom. The number of hydrogen-bond donors (Lipinski definition) is 1. The second kappa shape index (κ2) is 6.71. The number of aromatic nitrogens is 3. The normalized spacial score (nSPS) is 18.0. The molecular weight excluding hydrogens is 336 g/mol. The van der Waals surface area contributed by atoms with Gasteiger partial charge in [0, 0.05) is 12.0 Å². The number of methoxy groups -OCH3 is 1. The Bertz CT molecular complexity index is 783. The van der Waals surface area contributed by atoms with Gasteiger partial charge in [0.1, 0.15) is 11.6 Å². The van der Waals surface area contributed by atoms with Gasteiger partial charge < -0.3 is 14.6 Å². The summed E-state index contributed by atoms with van der Waals surface area (Å²) in [6.45, 7) is 1.90. The van der Waals surface area contributed by atoms with E-state index in [4.69, 9.17) is 4.74 Å². The van der Waals surface area contributed by atoms with E-state index < -0.39 is 0 Å². The number of para-hydroxylation sites is 2. The number of ether oxygens (including phenoxy) is 1. The highest BCUT2D eigenvalue weighted by Gasteiger charge is 2.37. The second-order valence-electron chi connectivity index (χ2n) is 6.67. The number of amides is 1. The van der Waals surface area contributed by atoms with Crippen LogP contribution in [0.4, 0.5) is 5.69 Å². The van der Waals surface area contributed by atoms with E-state index in [-0.39, 0.29) is 11.2 Å². The minimum atomic E-state index is -0.265. The fraction of sp³-hybridized carbons (Fsp3) is 0.500. The highest BCUT2D eigenvalue weighted by molar-refractivity contribution is 8.00. The SMILES string of the molecule is COc1ccccc1NC(=O)[C@H](C)Sc1nnc(C2CC2)n1C1CC1. The number of rotatable bonds is 7. The van der Waals surface area contributed by atoms with Crippen molar-refractivity contribution in [3.8, 4) is 5.75 Å². The van der Waals surface area contributed by atoms with Crippen LogP contribution in [-0.2, 0) is 4.79 Å². The summed E-state index contributed by atoms with van der Waals surface area (Å²) in [7, 11) is 1.60. The number of hydrogen-bond acceptors (Lipinski definition) is 5. The molecule has 1 aromatic carbocycles. The van der Waals surface area contributed by atoms with Gasteiger partial charge in [0.25, 0.3) is 0 Å². The lowest BCUT2D eigenvalue weighted by atomic mass is 10.3. The van der Waals surface area contributed by atoms with Gasteiger partial charge in [-0.2, -0.15) is 0 Å². The molecule has 2 aliphatic carbocycles. The number of carbonyl (C=O) groups is 1. The molecule has 6 nitrogen and oxygen atoms in total. The van der Waals surface area contributed by atoms with Crippen LogP contribution in [0.1, 0.15) is 50.4 Å². The summed E-state index contributed by atoms with van der Waals surface area (Å²) in [5.41, 5.74) is 0.685. The molecule has 1 aromatic heterocycles. The second-order valence-corrected chi connectivity index (χ2v) is 7.97. The maximum atomic E-state index is 12.6. The third-order valence-electron chi connectivity index (χ3n) is 4.56. The Kier molecular flexibility index (Phi) is 4.41. The van der Waals surface area contributed by atoms with Crippen molar-refractivity contribution in [3.63, 3.8) is 0 Å². The zero-order chi connectivity index (χ0) is 17.4. The molecule has 1 atom stereocenters. The maximum Gasteiger partial charge on any atom is 0.237 e. The van der Waals surface area contributed by atoms with Crippen molar-refractivity contribution in [1.82, 2.24) is 14.8 Å². The highest BCUT2D eigenvalue weighted by atomic mass is 32.2. The lowest BCUT2D eigenvalue weighted by molar-refractivity contribution is -0.115. The molecule has 7 heteroatoms. The van der Waals surface area contributed by atoms with Crippen molar-refractivity contribution in [1.29, 1.82) is 0 Å². The standard InChI is InChI=1S/C18H22N4O2S/c1-11(17(23)19-14-5-3-4-6-15(14)24-2)25-18-21-20-16(12-7-8-12)22(18)13-9-10-13/h3-6,11-13H,7-10H2,1-2H3,(H,19,23)/t11-/m0/s1. The molecule has 1 heterocycles. The van der Waals surface area contributed by atoms with Crippen LogP contribution in [0, 0.1) is 0 Å². The fourth-order valence-corrected chi connectivity index (χ4v) is 3.78. The molecule has 0 aliphatic heterocycles. The molecule has 0 bridgehead atoms. The molecule has 0 saturated heterocycles. The third kappa shape index (κ3) is 3.51. The van der Waals surface area contributed by atoms with Crippen molar-refractivity contribution in [2.24, 2.45) is 0 Å². The van der Waals surface area contributed by atoms with Crippen molar-refractivity contribution in [3.05, 3.63) is 30.1 Å². The van der Waals surface area contributed by atoms with Gasteiger partial charge in [-0.3, -0.25) is 4.79 Å². The van der Waals surface area contributed by atoms with E-state index in [1.54, 1.807) is 7.11 Å². The van der Waals surface area contributed by atoms with E-state index >= 15 is 0 Å². The van der Waals surface area contributed by atoms with Gasteiger partial charge in [0.05, 0.1) is 18.0 Å². The molecule has 1 amide bonds. The van der Waals surface area contributed by atoms with E-state index in [2.05, 4.69) is 20.1 Å². The van der Waals surface area contributed by atoms with Crippen LogP contribution in [-0.4, -0.2) is 33.0 Å². The van der Waals surface area contributed by atoms with Crippen LogP contribution in [0.5, 0.6) is 5.75 Å². The number of nitrogens with one attached hydrogen (secondary N) is 1. The fourth-order valence-electron chi connectivity index (χ4n) is 2.86. The van der Waals surface area contributed by atoms with Crippen LogP contribution in [0.25, 0.3) is 0 Å². The van der Waals surface area contributed by atoms with Crippen LogP contribution in [0.2, 0.25) is 0 Å². The summed E-state index contributed by atoms with van der Waals surface area (Å²) in [4.78, 5) is 12.6. The number of carbonyl (C=O) groups excluding carboxylic acids is 1. The summed E-state index contributed by atoms with van der Waals surface area (Å²) in [5, 5.41) is 12.3. The molecule has 0 unspecified atom stereocenters. The lowest BCUT2D eigenvalue weighted by Gasteiger charge is -2.14. The Balaban J connectivity index is 1.46. The number of nitrogens with zero attached hydrogens (tertiary/aromatic N) is 3. The minimum Gasteiger partial charge on any atom is -0.495 e. The van der Waals surface area contributed by atoms with Crippen LogP contribution in [0.15, 0.2) is 29.4 Å². The molecule has 2 aliphatic rings. The van der Waals surface area contributed by atoms with Crippen LogP contribution < -0.4 is 10.1 Å². The zero-order valence-corrected chi connectivity index (χ0v) is 15.3. The summed E-state index contributed by atoms with van der Waals surface area (Å²) in [6, 6.07) is 7.95. The van der Waals surface area contributed by atoms with E-state index in [1.165, 1.54) is 37.4 Å². The molecule has 2 saturated carbocycles. The van der Waals surface area contributed by atoms with Crippen molar-refractivity contribution in [2.75, 3.05) is 12.4 Å². The number of benzene rings is 1. The smallest absolute Gasteiger partial charge is 0.237 e. The van der Waals surface area contributed by atoms with Gasteiger partial charge in [-0.05, 0) is 44.7 Å². The Hall–Kier alpha value is -2.02. The lowest BCUT2D eigenvalue weighted by Crippen LogP contribution is -2.23. The van der Waals surface area contributed by atoms with Crippen molar-refractivity contribution in [2.45, 2.75) is 55.0 Å². The van der Waals surface area contributed by atoms with E-state index in [9.17, 15) is 4.79 Å². The van der Waals surface area contributed by atoms with Gasteiger partial charge in [0.2, 0.25) is 5.91 Å². The van der Waals surface area contributed by atoms with E-state index in [0.717, 1.165) is 11.0 Å². The minimum absolute atomic E-state index is 0.0622. The summed E-state index contributed by atoms with van der Waals surface area (Å²) < 4.78 is 7.56. The first-order chi connectivity index (χ1) is 12.2. The molecule has 0 spiro atoms. The average molecular weight is 358 g/mol. The predicted molar refractivity (Wildman–Crippen MR) is 97.2 cm³/mol. The Labute approximate surface area is 151 Å². The predicted octanol–water partition coefficient (Wildman–Crippen LogP) is 3.62.